The number of halogens is 1. The van der Waals surface area contributed by atoms with Crippen molar-refractivity contribution in [2.24, 2.45) is 0 Å². The first-order valence-electron chi connectivity index (χ1n) is 8.53. The highest BCUT2D eigenvalue weighted by Crippen LogP contribution is 2.34. The van der Waals surface area contributed by atoms with Crippen LogP contribution in [-0.4, -0.2) is 26.5 Å². The fourth-order valence-corrected chi connectivity index (χ4v) is 4.37. The van der Waals surface area contributed by atoms with E-state index in [0.717, 1.165) is 17.9 Å². The van der Waals surface area contributed by atoms with Crippen molar-refractivity contribution in [2.75, 3.05) is 6.54 Å². The van der Waals surface area contributed by atoms with E-state index in [0.29, 0.717) is 12.5 Å². The van der Waals surface area contributed by atoms with Crippen LogP contribution in [0.4, 0.5) is 4.39 Å². The van der Waals surface area contributed by atoms with Gasteiger partial charge in [0.15, 0.2) is 0 Å². The van der Waals surface area contributed by atoms with E-state index in [-0.39, 0.29) is 5.82 Å². The van der Waals surface area contributed by atoms with Crippen LogP contribution in [0.1, 0.15) is 40.0 Å². The van der Waals surface area contributed by atoms with Gasteiger partial charge in [-0.15, -0.1) is 16.4 Å². The fourth-order valence-electron chi connectivity index (χ4n) is 3.30. The highest BCUT2D eigenvalue weighted by molar-refractivity contribution is 7.11. The molecule has 0 amide bonds. The first kappa shape index (κ1) is 16.4. The Hall–Kier alpha value is -2.12. The number of aryl methyl sites for hydroxylation is 2. The van der Waals surface area contributed by atoms with Crippen molar-refractivity contribution in [3.8, 4) is 5.69 Å². The molecular formula is C18H20FN5S. The van der Waals surface area contributed by atoms with Gasteiger partial charge in [0.25, 0.3) is 0 Å². The Balaban J connectivity index is 1.36. The summed E-state index contributed by atoms with van der Waals surface area (Å²) in [5, 5.41) is 13.0. The van der Waals surface area contributed by atoms with E-state index in [9.17, 15) is 4.39 Å². The van der Waals surface area contributed by atoms with Gasteiger partial charge in [-0.3, -0.25) is 0 Å². The molecule has 5 nitrogen and oxygen atoms in total. The van der Waals surface area contributed by atoms with Crippen LogP contribution in [-0.2, 0) is 13.0 Å². The number of hydrogen-bond acceptors (Lipinski definition) is 5. The first-order chi connectivity index (χ1) is 12.2. The predicted molar refractivity (Wildman–Crippen MR) is 95.6 cm³/mol. The summed E-state index contributed by atoms with van der Waals surface area (Å²) in [4.78, 5) is 6.18. The largest absolute Gasteiger partial charge is 0.310 e. The molecule has 0 aliphatic heterocycles. The van der Waals surface area contributed by atoms with Crippen molar-refractivity contribution in [3.63, 3.8) is 0 Å². The van der Waals surface area contributed by atoms with Crippen molar-refractivity contribution in [1.82, 2.24) is 25.3 Å². The smallest absolute Gasteiger partial charge is 0.123 e. The molecule has 3 aromatic rings. The number of fused-ring (bicyclic) bond motifs is 1. The third kappa shape index (κ3) is 3.62. The highest BCUT2D eigenvalue weighted by Gasteiger charge is 2.23. The summed E-state index contributed by atoms with van der Waals surface area (Å²) in [6, 6.07) is 6.22. The van der Waals surface area contributed by atoms with Gasteiger partial charge in [0, 0.05) is 23.9 Å². The maximum Gasteiger partial charge on any atom is 0.123 e. The summed E-state index contributed by atoms with van der Waals surface area (Å²) in [5.41, 5.74) is 2.96. The second kappa shape index (κ2) is 7.01. The molecule has 4 rings (SSSR count). The number of hydrogen-bond donors (Lipinski definition) is 1. The van der Waals surface area contributed by atoms with Crippen molar-refractivity contribution < 1.29 is 4.39 Å². The number of rotatable bonds is 5. The van der Waals surface area contributed by atoms with E-state index >= 15 is 0 Å². The zero-order valence-electron chi connectivity index (χ0n) is 14.1. The van der Waals surface area contributed by atoms with Crippen molar-refractivity contribution in [3.05, 3.63) is 57.6 Å². The average Bonchev–Trinajstić information content (AvgIpc) is 3.22. The number of benzene rings is 1. The summed E-state index contributed by atoms with van der Waals surface area (Å²) in [6.45, 7) is 3.65. The monoisotopic (exact) mass is 357 g/mol. The van der Waals surface area contributed by atoms with E-state index in [1.54, 1.807) is 16.8 Å². The quantitative estimate of drug-likeness (QED) is 0.761. The minimum absolute atomic E-state index is 0.255. The lowest BCUT2D eigenvalue weighted by molar-refractivity contribution is 0.499. The molecule has 1 unspecified atom stereocenters. The Kier molecular flexibility index (Phi) is 4.59. The fraction of sp³-hybridized carbons (Fsp3) is 0.389. The van der Waals surface area contributed by atoms with Crippen LogP contribution in [0.2, 0.25) is 0 Å². The second-order valence-corrected chi connectivity index (χ2v) is 7.68. The Labute approximate surface area is 149 Å². The summed E-state index contributed by atoms with van der Waals surface area (Å²) >= 11 is 1.83. The maximum absolute atomic E-state index is 13.0. The van der Waals surface area contributed by atoms with Crippen LogP contribution in [0.3, 0.4) is 0 Å². The van der Waals surface area contributed by atoms with E-state index in [1.165, 1.54) is 47.0 Å². The van der Waals surface area contributed by atoms with Crippen LogP contribution in [0.5, 0.6) is 0 Å². The van der Waals surface area contributed by atoms with Gasteiger partial charge in [0.1, 0.15) is 5.82 Å². The Morgan fingerprint density at radius 3 is 3.00 bits per heavy atom. The van der Waals surface area contributed by atoms with E-state index in [1.807, 2.05) is 17.5 Å². The molecule has 0 radical (unpaired) electrons. The normalized spacial score (nSPS) is 16.8. The maximum atomic E-state index is 13.0. The number of nitrogens with one attached hydrogen (secondary N) is 1. The molecule has 1 atom stereocenters. The molecule has 1 aliphatic rings. The number of nitrogens with zero attached hydrogens (tertiary/aromatic N) is 4. The molecule has 2 heterocycles. The van der Waals surface area contributed by atoms with Gasteiger partial charge in [0.2, 0.25) is 0 Å². The molecule has 0 bridgehead atoms. The van der Waals surface area contributed by atoms with Gasteiger partial charge < -0.3 is 5.32 Å². The van der Waals surface area contributed by atoms with Gasteiger partial charge in [-0.1, -0.05) is 5.21 Å². The van der Waals surface area contributed by atoms with Crippen LogP contribution in [0, 0.1) is 12.7 Å². The summed E-state index contributed by atoms with van der Waals surface area (Å²) in [6.07, 6.45) is 5.47. The average molecular weight is 357 g/mol. The second-order valence-electron chi connectivity index (χ2n) is 6.39. The number of thiazole rings is 1. The zero-order valence-corrected chi connectivity index (χ0v) is 14.9. The van der Waals surface area contributed by atoms with Crippen LogP contribution >= 0.6 is 11.3 Å². The minimum atomic E-state index is -0.255. The molecule has 1 N–H and O–H groups in total. The number of aromatic nitrogens is 4. The van der Waals surface area contributed by atoms with Gasteiger partial charge in [-0.05, 0) is 50.5 Å². The van der Waals surface area contributed by atoms with E-state index < -0.39 is 0 Å². The predicted octanol–water partition coefficient (Wildman–Crippen LogP) is 3.38. The minimum Gasteiger partial charge on any atom is -0.310 e. The lowest BCUT2D eigenvalue weighted by atomic mass is 9.91. The molecule has 0 saturated heterocycles. The lowest BCUT2D eigenvalue weighted by Gasteiger charge is -2.21. The Morgan fingerprint density at radius 1 is 1.32 bits per heavy atom. The summed E-state index contributed by atoms with van der Waals surface area (Å²) < 4.78 is 14.7. The molecule has 130 valence electrons. The van der Waals surface area contributed by atoms with Crippen LogP contribution in [0.25, 0.3) is 5.69 Å². The standard InChI is InChI=1S/C18H20FN5S/c1-12-21-18-13(3-2-4-17(18)25-12)9-20-10-15-11-24(23-22-15)16-7-5-14(19)6-8-16/h5-8,11,13,20H,2-4,9-10H2,1H3. The molecular weight excluding hydrogens is 337 g/mol. The van der Waals surface area contributed by atoms with Crippen molar-refractivity contribution in [1.29, 1.82) is 0 Å². The molecule has 1 aromatic carbocycles. The first-order valence-corrected chi connectivity index (χ1v) is 9.35. The summed E-state index contributed by atoms with van der Waals surface area (Å²) in [7, 11) is 0. The summed E-state index contributed by atoms with van der Waals surface area (Å²) in [5.74, 6) is 0.232. The SMILES string of the molecule is Cc1nc2c(s1)CCCC2CNCc1cn(-c2ccc(F)cc2)nn1. The van der Waals surface area contributed by atoms with E-state index in [4.69, 9.17) is 4.98 Å². The third-order valence-electron chi connectivity index (χ3n) is 4.51. The molecule has 0 saturated carbocycles. The molecule has 0 spiro atoms. The lowest BCUT2D eigenvalue weighted by Crippen LogP contribution is -2.24. The molecule has 25 heavy (non-hydrogen) atoms. The molecule has 7 heteroatoms. The van der Waals surface area contributed by atoms with Crippen molar-refractivity contribution >= 4 is 11.3 Å². The molecule has 0 fully saturated rings. The van der Waals surface area contributed by atoms with Crippen LogP contribution < -0.4 is 5.32 Å². The van der Waals surface area contributed by atoms with E-state index in [2.05, 4.69) is 22.6 Å². The Morgan fingerprint density at radius 2 is 2.16 bits per heavy atom. The Bertz CT molecular complexity index is 855. The molecule has 2 aromatic heterocycles. The van der Waals surface area contributed by atoms with Gasteiger partial charge >= 0.3 is 0 Å². The van der Waals surface area contributed by atoms with Gasteiger partial charge in [-0.25, -0.2) is 14.1 Å². The van der Waals surface area contributed by atoms with Gasteiger partial charge in [-0.2, -0.15) is 0 Å². The molecule has 1 aliphatic carbocycles. The van der Waals surface area contributed by atoms with Crippen LogP contribution in [0.15, 0.2) is 30.5 Å². The van der Waals surface area contributed by atoms with Gasteiger partial charge in [0.05, 0.1) is 28.3 Å². The zero-order chi connectivity index (χ0) is 17.2. The third-order valence-corrected chi connectivity index (χ3v) is 5.55. The van der Waals surface area contributed by atoms with Crippen molar-refractivity contribution in [2.45, 2.75) is 38.6 Å². The topological polar surface area (TPSA) is 55.6 Å². The highest BCUT2D eigenvalue weighted by atomic mass is 32.1.